The second-order valence-corrected chi connectivity index (χ2v) is 5.61. The smallest absolute Gasteiger partial charge is 0.166 e. The molecule has 0 aliphatic carbocycles. The van der Waals surface area contributed by atoms with Crippen molar-refractivity contribution in [2.45, 2.75) is 13.3 Å². The highest BCUT2D eigenvalue weighted by Crippen LogP contribution is 2.43. The first-order chi connectivity index (χ1) is 11.7. The Labute approximate surface area is 142 Å². The van der Waals surface area contributed by atoms with Crippen molar-refractivity contribution < 1.29 is 10.2 Å². The average Bonchev–Trinajstić information content (AvgIpc) is 2.63. The topological polar surface area (TPSA) is 40.5 Å². The van der Waals surface area contributed by atoms with Gasteiger partial charge in [0, 0.05) is 5.56 Å². The van der Waals surface area contributed by atoms with Gasteiger partial charge in [-0.3, -0.25) is 0 Å². The maximum atomic E-state index is 10.5. The first kappa shape index (κ1) is 15.9. The van der Waals surface area contributed by atoms with Gasteiger partial charge in [0.15, 0.2) is 11.5 Å². The molecule has 0 atom stereocenters. The molecular formula is C22H20O2. The van der Waals surface area contributed by atoms with Crippen molar-refractivity contribution in [2.24, 2.45) is 0 Å². The Balaban J connectivity index is 2.27. The average molecular weight is 316 g/mol. The number of phenolic OH excluding ortho intramolecular Hbond substituents is 2. The fourth-order valence-corrected chi connectivity index (χ4v) is 2.91. The van der Waals surface area contributed by atoms with Gasteiger partial charge < -0.3 is 10.2 Å². The number of rotatable bonds is 4. The van der Waals surface area contributed by atoms with Crippen LogP contribution in [0.3, 0.4) is 0 Å². The fourth-order valence-electron chi connectivity index (χ4n) is 2.91. The van der Waals surface area contributed by atoms with Gasteiger partial charge in [-0.25, -0.2) is 0 Å². The Bertz CT molecular complexity index is 850. The first-order valence-corrected chi connectivity index (χ1v) is 8.08. The standard InChI is InChI=1S/C22H20O2/c1-2-9-18(16-10-5-3-6-11-16)19-14-15-20(23)22(24)21(19)17-12-7-4-8-13-17/h3-15,23-24H,2H2,1H3. The summed E-state index contributed by atoms with van der Waals surface area (Å²) < 4.78 is 0. The van der Waals surface area contributed by atoms with E-state index in [-0.39, 0.29) is 11.5 Å². The van der Waals surface area contributed by atoms with E-state index in [9.17, 15) is 10.2 Å². The highest BCUT2D eigenvalue weighted by atomic mass is 16.3. The second-order valence-electron chi connectivity index (χ2n) is 5.61. The summed E-state index contributed by atoms with van der Waals surface area (Å²) in [6.07, 6.45) is 3.02. The maximum Gasteiger partial charge on any atom is 0.166 e. The lowest BCUT2D eigenvalue weighted by Crippen LogP contribution is -1.93. The van der Waals surface area contributed by atoms with Gasteiger partial charge in [0.1, 0.15) is 0 Å². The number of hydrogen-bond acceptors (Lipinski definition) is 2. The molecule has 120 valence electrons. The molecule has 0 radical (unpaired) electrons. The number of aromatic hydroxyl groups is 2. The quantitative estimate of drug-likeness (QED) is 0.614. The molecule has 0 unspecified atom stereocenters. The highest BCUT2D eigenvalue weighted by molar-refractivity contribution is 5.92. The SMILES string of the molecule is CCC=C(c1ccccc1)c1ccc(O)c(O)c1-c1ccccc1. The van der Waals surface area contributed by atoms with Crippen LogP contribution in [0, 0.1) is 0 Å². The second kappa shape index (κ2) is 7.05. The van der Waals surface area contributed by atoms with E-state index < -0.39 is 0 Å². The zero-order valence-corrected chi connectivity index (χ0v) is 13.6. The molecule has 0 saturated heterocycles. The van der Waals surface area contributed by atoms with Crippen molar-refractivity contribution >= 4 is 5.57 Å². The molecular weight excluding hydrogens is 296 g/mol. The summed E-state index contributed by atoms with van der Waals surface area (Å²) in [5, 5.41) is 20.5. The lowest BCUT2D eigenvalue weighted by atomic mass is 9.89. The minimum absolute atomic E-state index is 0.0864. The molecule has 0 fully saturated rings. The lowest BCUT2D eigenvalue weighted by Gasteiger charge is -2.16. The van der Waals surface area contributed by atoms with Crippen LogP contribution in [0.15, 0.2) is 78.9 Å². The zero-order valence-electron chi connectivity index (χ0n) is 13.6. The molecule has 3 aromatic carbocycles. The van der Waals surface area contributed by atoms with E-state index >= 15 is 0 Å². The summed E-state index contributed by atoms with van der Waals surface area (Å²) in [6.45, 7) is 2.09. The van der Waals surface area contributed by atoms with E-state index in [1.54, 1.807) is 6.07 Å². The van der Waals surface area contributed by atoms with Gasteiger partial charge in [-0.2, -0.15) is 0 Å². The third-order valence-electron chi connectivity index (χ3n) is 4.00. The Kier molecular flexibility index (Phi) is 4.66. The molecule has 0 amide bonds. The van der Waals surface area contributed by atoms with Crippen molar-refractivity contribution in [3.63, 3.8) is 0 Å². The Hall–Kier alpha value is -3.00. The summed E-state index contributed by atoms with van der Waals surface area (Å²) in [6, 6.07) is 23.2. The van der Waals surface area contributed by atoms with E-state index in [0.717, 1.165) is 28.7 Å². The lowest BCUT2D eigenvalue weighted by molar-refractivity contribution is 0.405. The van der Waals surface area contributed by atoms with E-state index in [4.69, 9.17) is 0 Å². The van der Waals surface area contributed by atoms with Gasteiger partial charge in [-0.15, -0.1) is 0 Å². The van der Waals surface area contributed by atoms with Crippen molar-refractivity contribution in [3.05, 3.63) is 90.0 Å². The number of hydrogen-bond donors (Lipinski definition) is 2. The number of allylic oxidation sites excluding steroid dienone is 1. The summed E-state index contributed by atoms with van der Waals surface area (Å²) in [4.78, 5) is 0. The number of benzene rings is 3. The third-order valence-corrected chi connectivity index (χ3v) is 4.00. The van der Waals surface area contributed by atoms with Gasteiger partial charge in [0.2, 0.25) is 0 Å². The molecule has 0 aromatic heterocycles. The monoisotopic (exact) mass is 316 g/mol. The minimum atomic E-state index is -0.110. The Morgan fingerprint density at radius 3 is 2.08 bits per heavy atom. The first-order valence-electron chi connectivity index (χ1n) is 8.08. The van der Waals surface area contributed by atoms with Crippen LogP contribution >= 0.6 is 0 Å². The minimum Gasteiger partial charge on any atom is -0.504 e. The van der Waals surface area contributed by atoms with Crippen LogP contribution in [-0.2, 0) is 0 Å². The van der Waals surface area contributed by atoms with Crippen LogP contribution in [0.2, 0.25) is 0 Å². The molecule has 2 heteroatoms. The summed E-state index contributed by atoms with van der Waals surface area (Å²) in [5.74, 6) is -0.196. The van der Waals surface area contributed by atoms with Gasteiger partial charge in [-0.05, 0) is 40.8 Å². The molecule has 0 bridgehead atoms. The van der Waals surface area contributed by atoms with Gasteiger partial charge in [-0.1, -0.05) is 73.7 Å². The molecule has 3 rings (SSSR count). The molecule has 0 saturated carbocycles. The Morgan fingerprint density at radius 2 is 1.46 bits per heavy atom. The summed E-state index contributed by atoms with van der Waals surface area (Å²) >= 11 is 0. The van der Waals surface area contributed by atoms with Gasteiger partial charge in [0.25, 0.3) is 0 Å². The molecule has 2 N–H and O–H groups in total. The predicted octanol–water partition coefficient (Wildman–Crippen LogP) is 5.61. The van der Waals surface area contributed by atoms with Crippen LogP contribution in [-0.4, -0.2) is 10.2 Å². The normalized spacial score (nSPS) is 11.5. The molecule has 0 heterocycles. The zero-order chi connectivity index (χ0) is 16.9. The molecule has 0 aliphatic rings. The van der Waals surface area contributed by atoms with Crippen LogP contribution in [0.25, 0.3) is 16.7 Å². The van der Waals surface area contributed by atoms with Crippen LogP contribution in [0.1, 0.15) is 24.5 Å². The summed E-state index contributed by atoms with van der Waals surface area (Å²) in [5.41, 5.74) is 4.57. The van der Waals surface area contributed by atoms with Crippen LogP contribution < -0.4 is 0 Å². The molecule has 24 heavy (non-hydrogen) atoms. The van der Waals surface area contributed by atoms with E-state index in [1.165, 1.54) is 0 Å². The molecule has 0 aliphatic heterocycles. The Morgan fingerprint density at radius 1 is 0.833 bits per heavy atom. The van der Waals surface area contributed by atoms with Crippen molar-refractivity contribution in [3.8, 4) is 22.6 Å². The van der Waals surface area contributed by atoms with Crippen molar-refractivity contribution in [1.82, 2.24) is 0 Å². The molecule has 0 spiro atoms. The fraction of sp³-hybridized carbons (Fsp3) is 0.0909. The predicted molar refractivity (Wildman–Crippen MR) is 99.0 cm³/mol. The highest BCUT2D eigenvalue weighted by Gasteiger charge is 2.17. The molecule has 2 nitrogen and oxygen atoms in total. The third kappa shape index (κ3) is 3.04. The maximum absolute atomic E-state index is 10.5. The van der Waals surface area contributed by atoms with Crippen molar-refractivity contribution in [2.75, 3.05) is 0 Å². The molecule has 3 aromatic rings. The summed E-state index contributed by atoms with van der Waals surface area (Å²) in [7, 11) is 0. The van der Waals surface area contributed by atoms with E-state index in [1.807, 2.05) is 54.6 Å². The van der Waals surface area contributed by atoms with Gasteiger partial charge in [0.05, 0.1) is 0 Å². The van der Waals surface area contributed by atoms with Crippen LogP contribution in [0.5, 0.6) is 11.5 Å². The largest absolute Gasteiger partial charge is 0.504 e. The van der Waals surface area contributed by atoms with Gasteiger partial charge >= 0.3 is 0 Å². The van der Waals surface area contributed by atoms with E-state index in [0.29, 0.717) is 5.56 Å². The number of phenols is 2. The van der Waals surface area contributed by atoms with Crippen molar-refractivity contribution in [1.29, 1.82) is 0 Å². The van der Waals surface area contributed by atoms with E-state index in [2.05, 4.69) is 25.1 Å². The van der Waals surface area contributed by atoms with Crippen LogP contribution in [0.4, 0.5) is 0 Å².